The highest BCUT2D eigenvalue weighted by Gasteiger charge is 2.09. The number of rotatable bonds is 6. The fourth-order valence-electron chi connectivity index (χ4n) is 1.06. The van der Waals surface area contributed by atoms with Gasteiger partial charge >= 0.3 is 5.97 Å². The van der Waals surface area contributed by atoms with Crippen molar-refractivity contribution >= 4 is 29.1 Å². The molecule has 7 heteroatoms. The molecule has 0 atom stereocenters. The number of ether oxygens (including phenoxy) is 1. The van der Waals surface area contributed by atoms with Crippen LogP contribution in [0.1, 0.15) is 16.1 Å². The van der Waals surface area contributed by atoms with Crippen molar-refractivity contribution < 1.29 is 19.1 Å². The van der Waals surface area contributed by atoms with Gasteiger partial charge in [-0.2, -0.15) is 0 Å². The number of esters is 1. The van der Waals surface area contributed by atoms with E-state index in [2.05, 4.69) is 15.4 Å². The van der Waals surface area contributed by atoms with Crippen LogP contribution < -0.4 is 10.6 Å². The highest BCUT2D eigenvalue weighted by atomic mass is 32.1. The van der Waals surface area contributed by atoms with Crippen molar-refractivity contribution in [2.24, 2.45) is 0 Å². The van der Waals surface area contributed by atoms with E-state index in [1.807, 2.05) is 0 Å². The van der Waals surface area contributed by atoms with Crippen LogP contribution >= 0.6 is 11.3 Å². The lowest BCUT2D eigenvalue weighted by atomic mass is 10.4. The van der Waals surface area contributed by atoms with Gasteiger partial charge in [-0.25, -0.2) is 0 Å². The van der Waals surface area contributed by atoms with E-state index in [9.17, 15) is 14.4 Å². The number of thiophene rings is 1. The van der Waals surface area contributed by atoms with Gasteiger partial charge < -0.3 is 15.4 Å². The molecular weight excluding hydrogens is 256 g/mol. The molecule has 1 rings (SSSR count). The van der Waals surface area contributed by atoms with E-state index in [0.717, 1.165) is 0 Å². The Balaban J connectivity index is 2.16. The Labute approximate surface area is 108 Å². The largest absolute Gasteiger partial charge is 0.456 e. The van der Waals surface area contributed by atoms with Gasteiger partial charge in [0.1, 0.15) is 0 Å². The Bertz CT molecular complexity index is 417. The Morgan fingerprint density at radius 1 is 1.39 bits per heavy atom. The number of carbonyl (C=O) groups excluding carboxylic acids is 3. The Kier molecular flexibility index (Phi) is 5.86. The zero-order valence-electron chi connectivity index (χ0n) is 9.89. The van der Waals surface area contributed by atoms with E-state index >= 15 is 0 Å². The summed E-state index contributed by atoms with van der Waals surface area (Å²) < 4.78 is 4.67. The van der Waals surface area contributed by atoms with Crippen molar-refractivity contribution in [2.75, 3.05) is 20.2 Å². The topological polar surface area (TPSA) is 84.5 Å². The van der Waals surface area contributed by atoms with Crippen molar-refractivity contribution in [2.45, 2.75) is 6.42 Å². The van der Waals surface area contributed by atoms with Gasteiger partial charge in [-0.15, -0.1) is 11.3 Å². The molecule has 0 bridgehead atoms. The fraction of sp³-hybridized carbons (Fsp3) is 0.364. The second-order valence-electron chi connectivity index (χ2n) is 3.32. The highest BCUT2D eigenvalue weighted by molar-refractivity contribution is 7.12. The van der Waals surface area contributed by atoms with Gasteiger partial charge in [-0.1, -0.05) is 6.07 Å². The standard InChI is InChI=1S/C11H14N2O4S/c1-12-9(14)7-17-10(15)4-5-13-11(16)8-3-2-6-18-8/h2-3,6H,4-5,7H2,1H3,(H,12,14)(H,13,16). The van der Waals surface area contributed by atoms with Gasteiger partial charge in [0.2, 0.25) is 0 Å². The maximum atomic E-state index is 11.5. The van der Waals surface area contributed by atoms with Crippen molar-refractivity contribution in [1.82, 2.24) is 10.6 Å². The van der Waals surface area contributed by atoms with Crippen molar-refractivity contribution in [3.8, 4) is 0 Å². The number of hydrogen-bond donors (Lipinski definition) is 2. The first-order valence-electron chi connectivity index (χ1n) is 5.31. The molecule has 1 aromatic rings. The summed E-state index contributed by atoms with van der Waals surface area (Å²) in [6.45, 7) is -0.114. The average molecular weight is 270 g/mol. The molecule has 0 aliphatic heterocycles. The van der Waals surface area contributed by atoms with Crippen LogP contribution in [0.5, 0.6) is 0 Å². The second-order valence-corrected chi connectivity index (χ2v) is 4.26. The molecular formula is C11H14N2O4S. The van der Waals surface area contributed by atoms with Gasteiger partial charge in [0, 0.05) is 13.6 Å². The van der Waals surface area contributed by atoms with Crippen molar-refractivity contribution in [3.63, 3.8) is 0 Å². The average Bonchev–Trinajstić information content (AvgIpc) is 2.89. The lowest BCUT2D eigenvalue weighted by molar-refractivity contribution is -0.148. The van der Waals surface area contributed by atoms with Gasteiger partial charge in [-0.3, -0.25) is 14.4 Å². The Morgan fingerprint density at radius 2 is 2.17 bits per heavy atom. The van der Waals surface area contributed by atoms with Gasteiger partial charge in [0.25, 0.3) is 11.8 Å². The first-order chi connectivity index (χ1) is 8.63. The lowest BCUT2D eigenvalue weighted by Crippen LogP contribution is -2.28. The molecule has 0 fully saturated rings. The maximum Gasteiger partial charge on any atom is 0.308 e. The van der Waals surface area contributed by atoms with E-state index < -0.39 is 5.97 Å². The summed E-state index contributed by atoms with van der Waals surface area (Å²) in [6, 6.07) is 3.47. The maximum absolute atomic E-state index is 11.5. The smallest absolute Gasteiger partial charge is 0.308 e. The monoisotopic (exact) mass is 270 g/mol. The Hall–Kier alpha value is -1.89. The summed E-state index contributed by atoms with van der Waals surface area (Å²) in [5, 5.41) is 6.71. The van der Waals surface area contributed by atoms with Crippen LogP contribution in [-0.2, 0) is 14.3 Å². The minimum atomic E-state index is -0.523. The SMILES string of the molecule is CNC(=O)COC(=O)CCNC(=O)c1cccs1. The van der Waals surface area contributed by atoms with Gasteiger partial charge in [-0.05, 0) is 11.4 Å². The lowest BCUT2D eigenvalue weighted by Gasteiger charge is -2.04. The minimum absolute atomic E-state index is 0.0358. The predicted molar refractivity (Wildman–Crippen MR) is 66.3 cm³/mol. The number of carbonyl (C=O) groups is 3. The molecule has 0 spiro atoms. The highest BCUT2D eigenvalue weighted by Crippen LogP contribution is 2.07. The van der Waals surface area contributed by atoms with E-state index in [1.54, 1.807) is 17.5 Å². The van der Waals surface area contributed by atoms with Gasteiger partial charge in [0.15, 0.2) is 6.61 Å². The third-order valence-electron chi connectivity index (χ3n) is 2.00. The van der Waals surface area contributed by atoms with Crippen LogP contribution in [0.3, 0.4) is 0 Å². The molecule has 6 nitrogen and oxygen atoms in total. The molecule has 18 heavy (non-hydrogen) atoms. The molecule has 0 aliphatic carbocycles. The van der Waals surface area contributed by atoms with E-state index in [0.29, 0.717) is 4.88 Å². The molecule has 1 heterocycles. The first-order valence-corrected chi connectivity index (χ1v) is 6.19. The third kappa shape index (κ3) is 4.96. The number of likely N-dealkylation sites (N-methyl/N-ethyl adjacent to an activating group) is 1. The third-order valence-corrected chi connectivity index (χ3v) is 2.87. The van der Waals surface area contributed by atoms with Crippen molar-refractivity contribution in [1.29, 1.82) is 0 Å². The number of hydrogen-bond acceptors (Lipinski definition) is 5. The number of nitrogens with one attached hydrogen (secondary N) is 2. The number of amides is 2. The van der Waals surface area contributed by atoms with E-state index in [4.69, 9.17) is 0 Å². The summed E-state index contributed by atoms with van der Waals surface area (Å²) >= 11 is 1.33. The van der Waals surface area contributed by atoms with E-state index in [-0.39, 0.29) is 31.4 Å². The molecule has 0 radical (unpaired) electrons. The quantitative estimate of drug-likeness (QED) is 0.721. The normalized spacial score (nSPS) is 9.61. The summed E-state index contributed by atoms with van der Waals surface area (Å²) in [5.74, 6) is -1.11. The summed E-state index contributed by atoms with van der Waals surface area (Å²) in [5.41, 5.74) is 0. The van der Waals surface area contributed by atoms with E-state index in [1.165, 1.54) is 18.4 Å². The zero-order valence-corrected chi connectivity index (χ0v) is 10.7. The fourth-order valence-corrected chi connectivity index (χ4v) is 1.70. The van der Waals surface area contributed by atoms with Crippen LogP contribution in [0.25, 0.3) is 0 Å². The summed E-state index contributed by atoms with van der Waals surface area (Å²) in [7, 11) is 1.46. The predicted octanol–water partition coefficient (Wildman–Crippen LogP) is 0.157. The van der Waals surface area contributed by atoms with Crippen LogP contribution in [0.15, 0.2) is 17.5 Å². The molecule has 0 saturated carbocycles. The van der Waals surface area contributed by atoms with Crippen LogP contribution in [0.2, 0.25) is 0 Å². The molecule has 98 valence electrons. The minimum Gasteiger partial charge on any atom is -0.456 e. The molecule has 0 unspecified atom stereocenters. The molecule has 0 saturated heterocycles. The van der Waals surface area contributed by atoms with Crippen LogP contribution in [0, 0.1) is 0 Å². The van der Waals surface area contributed by atoms with Gasteiger partial charge in [0.05, 0.1) is 11.3 Å². The molecule has 0 aliphatic rings. The molecule has 2 N–H and O–H groups in total. The first kappa shape index (κ1) is 14.2. The van der Waals surface area contributed by atoms with Crippen molar-refractivity contribution in [3.05, 3.63) is 22.4 Å². The molecule has 1 aromatic heterocycles. The molecule has 0 aromatic carbocycles. The van der Waals surface area contributed by atoms with Crippen LogP contribution in [0.4, 0.5) is 0 Å². The Morgan fingerprint density at radius 3 is 2.78 bits per heavy atom. The summed E-state index contributed by atoms with van der Waals surface area (Å²) in [4.78, 5) is 34.1. The second kappa shape index (κ2) is 7.44. The zero-order chi connectivity index (χ0) is 13.4. The molecule has 2 amide bonds. The summed E-state index contributed by atoms with van der Waals surface area (Å²) in [6.07, 6.45) is 0.0358. The van der Waals surface area contributed by atoms with Crippen LogP contribution in [-0.4, -0.2) is 38.0 Å².